The molecule has 0 saturated heterocycles. The van der Waals surface area contributed by atoms with Crippen molar-refractivity contribution in [2.75, 3.05) is 0 Å². The maximum absolute atomic E-state index is 11.8. The van der Waals surface area contributed by atoms with Crippen molar-refractivity contribution in [2.24, 2.45) is 0 Å². The molecule has 0 spiro atoms. The van der Waals surface area contributed by atoms with Gasteiger partial charge in [-0.05, 0) is 19.1 Å². The number of carbonyl (C=O) groups is 1. The molecule has 19 heavy (non-hydrogen) atoms. The molecule has 0 fully saturated rings. The first-order chi connectivity index (χ1) is 9.00. The molecule has 0 radical (unpaired) electrons. The third kappa shape index (κ3) is 2.98. The van der Waals surface area contributed by atoms with E-state index in [4.69, 9.17) is 4.42 Å². The Kier molecular flexibility index (Phi) is 3.63. The van der Waals surface area contributed by atoms with Gasteiger partial charge in [0.05, 0.1) is 4.90 Å². The molecule has 2 aromatic rings. The van der Waals surface area contributed by atoms with Gasteiger partial charge in [-0.2, -0.15) is 0 Å². The Balaban J connectivity index is 2.07. The second kappa shape index (κ2) is 5.21. The van der Waals surface area contributed by atoms with Gasteiger partial charge < -0.3 is 4.42 Å². The SMILES string of the molecule is Cc1ocnc1C(=O)NNS(=O)(=O)c1ccccc1. The first-order valence-corrected chi connectivity index (χ1v) is 6.76. The average molecular weight is 281 g/mol. The summed E-state index contributed by atoms with van der Waals surface area (Å²) >= 11 is 0. The third-order valence-corrected chi connectivity index (χ3v) is 3.58. The average Bonchev–Trinajstić information content (AvgIpc) is 2.83. The van der Waals surface area contributed by atoms with E-state index in [1.807, 2.05) is 4.83 Å². The van der Waals surface area contributed by atoms with Crippen LogP contribution in [0.5, 0.6) is 0 Å². The smallest absolute Gasteiger partial charge is 0.288 e. The van der Waals surface area contributed by atoms with Gasteiger partial charge in [0.25, 0.3) is 15.9 Å². The van der Waals surface area contributed by atoms with E-state index in [2.05, 4.69) is 10.4 Å². The lowest BCUT2D eigenvalue weighted by Crippen LogP contribution is -2.41. The molecule has 1 heterocycles. The first kappa shape index (κ1) is 13.2. The number of nitrogens with one attached hydrogen (secondary N) is 2. The first-order valence-electron chi connectivity index (χ1n) is 5.28. The number of hydrazine groups is 1. The van der Waals surface area contributed by atoms with Crippen LogP contribution in [0.15, 0.2) is 46.0 Å². The predicted octanol–water partition coefficient (Wildman–Crippen LogP) is 0.606. The molecule has 2 rings (SSSR count). The standard InChI is InChI=1S/C11H11N3O4S/c1-8-10(12-7-18-8)11(15)13-14-19(16,17)9-5-3-2-4-6-9/h2-7,14H,1H3,(H,13,15). The van der Waals surface area contributed by atoms with Crippen molar-refractivity contribution in [1.29, 1.82) is 0 Å². The van der Waals surface area contributed by atoms with Gasteiger partial charge in [-0.25, -0.2) is 13.4 Å². The molecule has 0 aliphatic carbocycles. The number of aromatic nitrogens is 1. The minimum atomic E-state index is -3.80. The molecule has 0 aliphatic heterocycles. The topological polar surface area (TPSA) is 101 Å². The van der Waals surface area contributed by atoms with E-state index in [1.54, 1.807) is 25.1 Å². The highest BCUT2D eigenvalue weighted by Crippen LogP contribution is 2.07. The molecule has 1 aromatic carbocycles. The van der Waals surface area contributed by atoms with Crippen LogP contribution in [0.1, 0.15) is 16.2 Å². The predicted molar refractivity (Wildman–Crippen MR) is 65.5 cm³/mol. The second-order valence-electron chi connectivity index (χ2n) is 3.63. The minimum Gasteiger partial charge on any atom is -0.448 e. The van der Waals surface area contributed by atoms with Crippen LogP contribution in [0.25, 0.3) is 0 Å². The lowest BCUT2D eigenvalue weighted by atomic mass is 10.3. The molecule has 2 N–H and O–H groups in total. The van der Waals surface area contributed by atoms with Crippen molar-refractivity contribution >= 4 is 15.9 Å². The fourth-order valence-corrected chi connectivity index (χ4v) is 2.21. The number of carbonyl (C=O) groups excluding carboxylic acids is 1. The van der Waals surface area contributed by atoms with Gasteiger partial charge in [-0.3, -0.25) is 10.2 Å². The zero-order valence-electron chi connectivity index (χ0n) is 9.95. The number of amides is 1. The maximum Gasteiger partial charge on any atom is 0.288 e. The summed E-state index contributed by atoms with van der Waals surface area (Å²) in [5.41, 5.74) is 2.09. The Hall–Kier alpha value is -2.19. The van der Waals surface area contributed by atoms with E-state index in [9.17, 15) is 13.2 Å². The highest BCUT2D eigenvalue weighted by Gasteiger charge is 2.17. The Morgan fingerprint density at radius 2 is 1.95 bits per heavy atom. The maximum atomic E-state index is 11.8. The highest BCUT2D eigenvalue weighted by atomic mass is 32.2. The third-order valence-electron chi connectivity index (χ3n) is 2.31. The van der Waals surface area contributed by atoms with Gasteiger partial charge in [-0.1, -0.05) is 18.2 Å². The number of sulfonamides is 1. The number of hydrogen-bond donors (Lipinski definition) is 2. The molecule has 1 aromatic heterocycles. The fourth-order valence-electron chi connectivity index (χ4n) is 1.35. The lowest BCUT2D eigenvalue weighted by Gasteiger charge is -2.07. The van der Waals surface area contributed by atoms with Gasteiger partial charge in [-0.15, -0.1) is 4.83 Å². The molecule has 0 aliphatic rings. The summed E-state index contributed by atoms with van der Waals surface area (Å²) in [6.07, 6.45) is 1.11. The van der Waals surface area contributed by atoms with E-state index < -0.39 is 15.9 Å². The lowest BCUT2D eigenvalue weighted by molar-refractivity contribution is 0.0939. The summed E-state index contributed by atoms with van der Waals surface area (Å²) in [6, 6.07) is 7.68. The number of nitrogens with zero attached hydrogens (tertiary/aromatic N) is 1. The van der Waals surface area contributed by atoms with E-state index in [0.29, 0.717) is 5.76 Å². The van der Waals surface area contributed by atoms with E-state index >= 15 is 0 Å². The van der Waals surface area contributed by atoms with Crippen LogP contribution < -0.4 is 10.3 Å². The van der Waals surface area contributed by atoms with E-state index in [-0.39, 0.29) is 10.6 Å². The van der Waals surface area contributed by atoms with Crippen molar-refractivity contribution in [1.82, 2.24) is 15.2 Å². The molecule has 0 atom stereocenters. The van der Waals surface area contributed by atoms with Gasteiger partial charge in [0.15, 0.2) is 12.1 Å². The summed E-state index contributed by atoms with van der Waals surface area (Å²) in [5.74, 6) is -0.387. The molecule has 1 amide bonds. The monoisotopic (exact) mass is 281 g/mol. The summed E-state index contributed by atoms with van der Waals surface area (Å²) in [6.45, 7) is 1.55. The van der Waals surface area contributed by atoms with Gasteiger partial charge >= 0.3 is 0 Å². The molecule has 8 heteroatoms. The summed E-state index contributed by atoms with van der Waals surface area (Å²) in [5, 5.41) is 0. The molecule has 0 saturated carbocycles. The number of hydrogen-bond acceptors (Lipinski definition) is 5. The quantitative estimate of drug-likeness (QED) is 0.799. The van der Waals surface area contributed by atoms with Crippen LogP contribution in [-0.4, -0.2) is 19.3 Å². The Labute approximate surface area is 109 Å². The van der Waals surface area contributed by atoms with Crippen LogP contribution in [-0.2, 0) is 10.0 Å². The van der Waals surface area contributed by atoms with Gasteiger partial charge in [0, 0.05) is 0 Å². The minimum absolute atomic E-state index is 0.0239. The van der Waals surface area contributed by atoms with Crippen LogP contribution >= 0.6 is 0 Å². The fraction of sp³-hybridized carbons (Fsp3) is 0.0909. The van der Waals surface area contributed by atoms with Crippen molar-refractivity contribution in [2.45, 2.75) is 11.8 Å². The molecular weight excluding hydrogens is 270 g/mol. The summed E-state index contributed by atoms with van der Waals surface area (Å²) in [7, 11) is -3.80. The summed E-state index contributed by atoms with van der Waals surface area (Å²) < 4.78 is 28.5. The normalized spacial score (nSPS) is 11.2. The largest absolute Gasteiger partial charge is 0.448 e. The molecule has 100 valence electrons. The second-order valence-corrected chi connectivity index (χ2v) is 5.31. The van der Waals surface area contributed by atoms with Crippen molar-refractivity contribution in [3.8, 4) is 0 Å². The molecule has 7 nitrogen and oxygen atoms in total. The van der Waals surface area contributed by atoms with Crippen molar-refractivity contribution < 1.29 is 17.6 Å². The van der Waals surface area contributed by atoms with Crippen molar-refractivity contribution in [3.05, 3.63) is 48.2 Å². The number of rotatable bonds is 4. The summed E-state index contributed by atoms with van der Waals surface area (Å²) in [4.78, 5) is 17.3. The van der Waals surface area contributed by atoms with Crippen LogP contribution in [0, 0.1) is 6.92 Å². The highest BCUT2D eigenvalue weighted by molar-refractivity contribution is 7.89. The number of benzene rings is 1. The Morgan fingerprint density at radius 1 is 1.26 bits per heavy atom. The van der Waals surface area contributed by atoms with E-state index in [0.717, 1.165) is 6.39 Å². The molecule has 0 unspecified atom stereocenters. The zero-order valence-corrected chi connectivity index (χ0v) is 10.8. The zero-order chi connectivity index (χ0) is 13.9. The van der Waals surface area contributed by atoms with E-state index in [1.165, 1.54) is 12.1 Å². The molecular formula is C11H11N3O4S. The Bertz CT molecular complexity index is 679. The van der Waals surface area contributed by atoms with Crippen LogP contribution in [0.4, 0.5) is 0 Å². The van der Waals surface area contributed by atoms with Crippen molar-refractivity contribution in [3.63, 3.8) is 0 Å². The van der Waals surface area contributed by atoms with Crippen LogP contribution in [0.3, 0.4) is 0 Å². The number of oxazole rings is 1. The van der Waals surface area contributed by atoms with Gasteiger partial charge in [0.2, 0.25) is 0 Å². The van der Waals surface area contributed by atoms with Gasteiger partial charge in [0.1, 0.15) is 5.76 Å². The Morgan fingerprint density at radius 3 is 2.53 bits per heavy atom. The number of aryl methyl sites for hydroxylation is 1. The van der Waals surface area contributed by atoms with Crippen LogP contribution in [0.2, 0.25) is 0 Å². The molecule has 0 bridgehead atoms.